The summed E-state index contributed by atoms with van der Waals surface area (Å²) in [6.07, 6.45) is 1.60. The van der Waals surface area contributed by atoms with Crippen LogP contribution in [0.4, 0.5) is 5.69 Å². The van der Waals surface area contributed by atoms with E-state index in [0.717, 1.165) is 18.5 Å². The molecule has 0 radical (unpaired) electrons. The summed E-state index contributed by atoms with van der Waals surface area (Å²) < 4.78 is 16.0. The minimum absolute atomic E-state index is 0.609. The maximum absolute atomic E-state index is 11.1. The first kappa shape index (κ1) is 15.8. The fourth-order valence-electron chi connectivity index (χ4n) is 1.88. The van der Waals surface area contributed by atoms with E-state index in [1.165, 1.54) is 0 Å². The van der Waals surface area contributed by atoms with Gasteiger partial charge in [0, 0.05) is 39.6 Å². The predicted octanol–water partition coefficient (Wildman–Crippen LogP) is 1.92. The molecule has 106 valence electrons. The zero-order valence-corrected chi connectivity index (χ0v) is 12.7. The summed E-state index contributed by atoms with van der Waals surface area (Å²) in [5.74, 6) is 0. The monoisotopic (exact) mass is 283 g/mol. The summed E-state index contributed by atoms with van der Waals surface area (Å²) in [6, 6.07) is 10.2. The normalized spacial score (nSPS) is 11.3. The van der Waals surface area contributed by atoms with Gasteiger partial charge in [-0.1, -0.05) is 18.2 Å². The second-order valence-corrected chi connectivity index (χ2v) is 7.12. The molecule has 0 heterocycles. The summed E-state index contributed by atoms with van der Waals surface area (Å²) in [4.78, 5) is 12.8. The second-order valence-electron chi connectivity index (χ2n) is 4.03. The molecule has 0 unspecified atom stereocenters. The fourth-order valence-corrected chi connectivity index (χ4v) is 3.59. The van der Waals surface area contributed by atoms with Gasteiger partial charge in [-0.25, -0.2) is 0 Å². The second kappa shape index (κ2) is 8.06. The van der Waals surface area contributed by atoms with E-state index in [0.29, 0.717) is 12.6 Å². The van der Waals surface area contributed by atoms with Gasteiger partial charge in [-0.3, -0.25) is 4.79 Å². The first-order valence-corrected chi connectivity index (χ1v) is 8.07. The average molecular weight is 283 g/mol. The number of hydrogen-bond acceptors (Lipinski definition) is 4. The van der Waals surface area contributed by atoms with Crippen molar-refractivity contribution in [2.75, 3.05) is 32.8 Å². The first-order valence-electron chi connectivity index (χ1n) is 6.14. The van der Waals surface area contributed by atoms with Crippen molar-refractivity contribution in [3.8, 4) is 0 Å². The number of nitrogens with zero attached hydrogens (tertiary/aromatic N) is 1. The van der Waals surface area contributed by atoms with E-state index in [2.05, 4.69) is 0 Å². The Kier molecular flexibility index (Phi) is 6.72. The third-order valence-corrected chi connectivity index (χ3v) is 5.86. The number of hydrogen-bond donors (Lipinski definition) is 0. The Morgan fingerprint density at radius 1 is 1.11 bits per heavy atom. The average Bonchev–Trinajstić information content (AvgIpc) is 2.49. The van der Waals surface area contributed by atoms with E-state index < -0.39 is 8.80 Å². The van der Waals surface area contributed by atoms with Crippen LogP contribution in [0.1, 0.15) is 6.42 Å². The van der Waals surface area contributed by atoms with Crippen molar-refractivity contribution >= 4 is 20.9 Å². The number of anilines is 1. The van der Waals surface area contributed by atoms with Gasteiger partial charge in [0.2, 0.25) is 6.41 Å². The molecule has 6 heteroatoms. The minimum Gasteiger partial charge on any atom is -0.377 e. The smallest absolute Gasteiger partial charge is 0.377 e. The van der Waals surface area contributed by atoms with Crippen LogP contribution < -0.4 is 4.90 Å². The van der Waals surface area contributed by atoms with Crippen LogP contribution in [0, 0.1) is 0 Å². The molecule has 0 aliphatic heterocycles. The molecule has 0 saturated heterocycles. The molecule has 0 fully saturated rings. The lowest BCUT2D eigenvalue weighted by Gasteiger charge is -2.25. The van der Waals surface area contributed by atoms with Gasteiger partial charge in [0.1, 0.15) is 0 Å². The summed E-state index contributed by atoms with van der Waals surface area (Å²) in [5, 5.41) is 0. The molecule has 0 spiro atoms. The third-order valence-electron chi connectivity index (χ3n) is 3.03. The minimum atomic E-state index is -2.54. The Balaban J connectivity index is 2.53. The van der Waals surface area contributed by atoms with Crippen LogP contribution in [0.5, 0.6) is 0 Å². The Morgan fingerprint density at radius 2 is 1.68 bits per heavy atom. The molecule has 5 nitrogen and oxygen atoms in total. The molecule has 19 heavy (non-hydrogen) atoms. The van der Waals surface area contributed by atoms with Gasteiger partial charge >= 0.3 is 8.80 Å². The lowest BCUT2D eigenvalue weighted by molar-refractivity contribution is -0.107. The van der Waals surface area contributed by atoms with Crippen molar-refractivity contribution in [3.63, 3.8) is 0 Å². The van der Waals surface area contributed by atoms with Crippen LogP contribution in [-0.4, -0.2) is 43.1 Å². The first-order chi connectivity index (χ1) is 9.21. The third kappa shape index (κ3) is 4.43. The van der Waals surface area contributed by atoms with Gasteiger partial charge in [0.05, 0.1) is 0 Å². The standard InChI is InChI=1S/C13H21NO4Si/c1-16-19(17-2,18-3)11-7-10-14(12-15)13-8-5-4-6-9-13/h4-6,8-9,12H,7,10-11H2,1-3H3. The van der Waals surface area contributed by atoms with Crippen LogP contribution in [-0.2, 0) is 18.1 Å². The van der Waals surface area contributed by atoms with Gasteiger partial charge in [-0.2, -0.15) is 0 Å². The Bertz CT molecular complexity index is 362. The van der Waals surface area contributed by atoms with Gasteiger partial charge in [0.25, 0.3) is 0 Å². The van der Waals surface area contributed by atoms with E-state index in [-0.39, 0.29) is 0 Å². The van der Waals surface area contributed by atoms with Crippen LogP contribution in [0.15, 0.2) is 30.3 Å². The molecule has 0 aliphatic carbocycles. The quantitative estimate of drug-likeness (QED) is 0.513. The summed E-state index contributed by atoms with van der Waals surface area (Å²) in [5.41, 5.74) is 0.886. The number of amides is 1. The highest BCUT2D eigenvalue weighted by atomic mass is 28.4. The van der Waals surface area contributed by atoms with Gasteiger partial charge in [-0.05, 0) is 18.6 Å². The molecule has 1 rings (SSSR count). The highest BCUT2D eigenvalue weighted by Gasteiger charge is 2.37. The van der Waals surface area contributed by atoms with E-state index in [1.54, 1.807) is 26.2 Å². The van der Waals surface area contributed by atoms with Crippen molar-refractivity contribution in [2.24, 2.45) is 0 Å². The zero-order valence-electron chi connectivity index (χ0n) is 11.7. The van der Waals surface area contributed by atoms with E-state index in [9.17, 15) is 4.79 Å². The SMILES string of the molecule is CO[Si](CCCN(C=O)c1ccccc1)(OC)OC. The number of carbonyl (C=O) groups is 1. The molecule has 0 aromatic heterocycles. The van der Waals surface area contributed by atoms with E-state index in [1.807, 2.05) is 30.3 Å². The van der Waals surface area contributed by atoms with Gasteiger partial charge < -0.3 is 18.2 Å². The highest BCUT2D eigenvalue weighted by Crippen LogP contribution is 2.17. The van der Waals surface area contributed by atoms with Crippen LogP contribution >= 0.6 is 0 Å². The Hall–Kier alpha value is -1.21. The highest BCUT2D eigenvalue weighted by molar-refractivity contribution is 6.60. The van der Waals surface area contributed by atoms with Gasteiger partial charge in [-0.15, -0.1) is 0 Å². The maximum atomic E-state index is 11.1. The molecule has 0 aliphatic rings. The predicted molar refractivity (Wildman–Crippen MR) is 76.1 cm³/mol. The van der Waals surface area contributed by atoms with E-state index in [4.69, 9.17) is 13.3 Å². The maximum Gasteiger partial charge on any atom is 0.500 e. The summed E-state index contributed by atoms with van der Waals surface area (Å²) in [6.45, 7) is 0.609. The van der Waals surface area contributed by atoms with Crippen LogP contribution in [0.25, 0.3) is 0 Å². The molecular formula is C13H21NO4Si. The number of rotatable bonds is 9. The molecule has 0 atom stereocenters. The Labute approximate surface area is 115 Å². The molecule has 0 bridgehead atoms. The number of para-hydroxylation sites is 1. The van der Waals surface area contributed by atoms with Crippen molar-refractivity contribution in [1.29, 1.82) is 0 Å². The fraction of sp³-hybridized carbons (Fsp3) is 0.462. The largest absolute Gasteiger partial charge is 0.500 e. The Morgan fingerprint density at radius 3 is 2.16 bits per heavy atom. The van der Waals surface area contributed by atoms with Crippen LogP contribution in [0.2, 0.25) is 6.04 Å². The molecule has 0 N–H and O–H groups in total. The van der Waals surface area contributed by atoms with Crippen molar-refractivity contribution in [1.82, 2.24) is 0 Å². The molecule has 1 aromatic rings. The molecule has 1 aromatic carbocycles. The lowest BCUT2D eigenvalue weighted by Crippen LogP contribution is -2.43. The lowest BCUT2D eigenvalue weighted by atomic mass is 10.3. The van der Waals surface area contributed by atoms with Gasteiger partial charge in [0.15, 0.2) is 0 Å². The number of carbonyl (C=O) groups excluding carboxylic acids is 1. The zero-order chi connectivity index (χ0) is 14.1. The van der Waals surface area contributed by atoms with Crippen molar-refractivity contribution in [3.05, 3.63) is 30.3 Å². The summed E-state index contributed by atoms with van der Waals surface area (Å²) >= 11 is 0. The van der Waals surface area contributed by atoms with Crippen LogP contribution in [0.3, 0.4) is 0 Å². The van der Waals surface area contributed by atoms with Crippen molar-refractivity contribution in [2.45, 2.75) is 12.5 Å². The van der Waals surface area contributed by atoms with Crippen molar-refractivity contribution < 1.29 is 18.1 Å². The summed E-state index contributed by atoms with van der Waals surface area (Å²) in [7, 11) is 2.23. The molecular weight excluding hydrogens is 262 g/mol. The molecule has 1 amide bonds. The topological polar surface area (TPSA) is 48.0 Å². The molecule has 0 saturated carbocycles. The number of benzene rings is 1. The van der Waals surface area contributed by atoms with E-state index >= 15 is 0 Å².